The van der Waals surface area contributed by atoms with Crippen LogP contribution in [0, 0.1) is 0 Å². The van der Waals surface area contributed by atoms with E-state index in [4.69, 9.17) is 22.1 Å². The quantitative estimate of drug-likeness (QED) is 0.861. The van der Waals surface area contributed by atoms with Gasteiger partial charge in [-0.25, -0.2) is 9.97 Å². The molecular weight excluding hydrogens is 288 g/mol. The minimum atomic E-state index is 0.176. The number of rotatable bonds is 5. The van der Waals surface area contributed by atoms with Crippen molar-refractivity contribution >= 4 is 23.1 Å². The molecule has 2 aromatic rings. The second-order valence-corrected chi connectivity index (χ2v) is 5.24. The van der Waals surface area contributed by atoms with Gasteiger partial charge in [0.15, 0.2) is 11.0 Å². The van der Waals surface area contributed by atoms with Crippen molar-refractivity contribution in [3.05, 3.63) is 41.3 Å². The number of para-hydroxylation sites is 1. The van der Waals surface area contributed by atoms with Crippen molar-refractivity contribution in [1.29, 1.82) is 0 Å². The summed E-state index contributed by atoms with van der Waals surface area (Å²) in [6.07, 6.45) is 2.22. The van der Waals surface area contributed by atoms with Crippen LogP contribution in [0.3, 0.4) is 0 Å². The van der Waals surface area contributed by atoms with Crippen LogP contribution >= 0.6 is 11.6 Å². The van der Waals surface area contributed by atoms with Gasteiger partial charge in [-0.15, -0.1) is 0 Å². The number of hydrogen-bond acceptors (Lipinski definition) is 5. The average molecular weight is 307 g/mol. The number of ether oxygens (including phenoxy) is 1. The van der Waals surface area contributed by atoms with Gasteiger partial charge in [-0.05, 0) is 25.0 Å². The molecule has 21 heavy (non-hydrogen) atoms. The van der Waals surface area contributed by atoms with Crippen molar-refractivity contribution in [3.63, 3.8) is 0 Å². The summed E-state index contributed by atoms with van der Waals surface area (Å²) in [5.74, 6) is 1.52. The molecule has 0 saturated heterocycles. The SMILES string of the molecule is COc1ccccc1CC(C)N(C)c1ncnc(Cl)c1N. The van der Waals surface area contributed by atoms with E-state index in [0.717, 1.165) is 17.7 Å². The Bertz CT molecular complexity index is 620. The Morgan fingerprint density at radius 1 is 1.33 bits per heavy atom. The molecule has 112 valence electrons. The van der Waals surface area contributed by atoms with E-state index in [-0.39, 0.29) is 11.2 Å². The molecule has 0 aliphatic heterocycles. The van der Waals surface area contributed by atoms with Crippen LogP contribution in [-0.4, -0.2) is 30.2 Å². The summed E-state index contributed by atoms with van der Waals surface area (Å²) in [6, 6.07) is 8.14. The van der Waals surface area contributed by atoms with Gasteiger partial charge in [-0.3, -0.25) is 0 Å². The fourth-order valence-corrected chi connectivity index (χ4v) is 2.31. The first-order chi connectivity index (χ1) is 10.0. The molecule has 6 heteroatoms. The number of aromatic nitrogens is 2. The number of halogens is 1. The molecule has 0 fully saturated rings. The lowest BCUT2D eigenvalue weighted by atomic mass is 10.1. The van der Waals surface area contributed by atoms with Gasteiger partial charge in [0.1, 0.15) is 17.8 Å². The number of nitrogens with two attached hydrogens (primary N) is 1. The van der Waals surface area contributed by atoms with Crippen LogP contribution < -0.4 is 15.4 Å². The highest BCUT2D eigenvalue weighted by Gasteiger charge is 2.17. The first-order valence-corrected chi connectivity index (χ1v) is 7.03. The van der Waals surface area contributed by atoms with Gasteiger partial charge in [0, 0.05) is 13.1 Å². The molecule has 0 aliphatic carbocycles. The minimum Gasteiger partial charge on any atom is -0.496 e. The van der Waals surface area contributed by atoms with Crippen molar-refractivity contribution in [2.24, 2.45) is 0 Å². The first-order valence-electron chi connectivity index (χ1n) is 6.65. The second kappa shape index (κ2) is 6.63. The van der Waals surface area contributed by atoms with E-state index in [1.54, 1.807) is 7.11 Å². The first kappa shape index (κ1) is 15.4. The molecular formula is C15H19ClN4O. The Morgan fingerprint density at radius 3 is 2.76 bits per heavy atom. The van der Waals surface area contributed by atoms with Gasteiger partial charge < -0.3 is 15.4 Å². The molecule has 2 rings (SSSR count). The van der Waals surface area contributed by atoms with Crippen LogP contribution in [-0.2, 0) is 6.42 Å². The monoisotopic (exact) mass is 306 g/mol. The van der Waals surface area contributed by atoms with E-state index < -0.39 is 0 Å². The summed E-state index contributed by atoms with van der Waals surface area (Å²) in [5.41, 5.74) is 7.48. The third-order valence-electron chi connectivity index (χ3n) is 3.52. The van der Waals surface area contributed by atoms with Gasteiger partial charge in [0.2, 0.25) is 0 Å². The van der Waals surface area contributed by atoms with Gasteiger partial charge in [0.05, 0.1) is 7.11 Å². The molecule has 1 atom stereocenters. The molecule has 1 unspecified atom stereocenters. The molecule has 0 bridgehead atoms. The molecule has 0 amide bonds. The predicted molar refractivity (Wildman–Crippen MR) is 86.0 cm³/mol. The van der Waals surface area contributed by atoms with Gasteiger partial charge in [-0.1, -0.05) is 29.8 Å². The maximum Gasteiger partial charge on any atom is 0.157 e. The second-order valence-electron chi connectivity index (χ2n) is 4.88. The Morgan fingerprint density at radius 2 is 2.05 bits per heavy atom. The lowest BCUT2D eigenvalue weighted by molar-refractivity contribution is 0.408. The third kappa shape index (κ3) is 3.36. The fourth-order valence-electron chi connectivity index (χ4n) is 2.18. The number of likely N-dealkylation sites (N-methyl/N-ethyl adjacent to an activating group) is 1. The zero-order valence-electron chi connectivity index (χ0n) is 12.4. The largest absolute Gasteiger partial charge is 0.496 e. The standard InChI is InChI=1S/C15H19ClN4O/c1-10(8-11-6-4-5-7-12(11)21-3)20(2)15-13(17)14(16)18-9-19-15/h4-7,9-10H,8,17H2,1-3H3. The van der Waals surface area contributed by atoms with E-state index in [1.165, 1.54) is 6.33 Å². The summed E-state index contributed by atoms with van der Waals surface area (Å²) in [4.78, 5) is 10.1. The Balaban J connectivity index is 2.20. The summed E-state index contributed by atoms with van der Waals surface area (Å²) in [5, 5.41) is 0.274. The molecule has 1 heterocycles. The lowest BCUT2D eigenvalue weighted by Gasteiger charge is -2.27. The maximum atomic E-state index is 5.95. The smallest absolute Gasteiger partial charge is 0.157 e. The van der Waals surface area contributed by atoms with Crippen molar-refractivity contribution in [2.75, 3.05) is 24.8 Å². The Kier molecular flexibility index (Phi) is 4.85. The highest BCUT2D eigenvalue weighted by molar-refractivity contribution is 6.32. The van der Waals surface area contributed by atoms with Gasteiger partial charge >= 0.3 is 0 Å². The molecule has 0 aliphatic rings. The number of benzene rings is 1. The summed E-state index contributed by atoms with van der Waals surface area (Å²) >= 11 is 5.95. The highest BCUT2D eigenvalue weighted by atomic mass is 35.5. The number of nitrogens with zero attached hydrogens (tertiary/aromatic N) is 3. The highest BCUT2D eigenvalue weighted by Crippen LogP contribution is 2.28. The topological polar surface area (TPSA) is 64.3 Å². The number of nitrogen functional groups attached to an aromatic ring is 1. The van der Waals surface area contributed by atoms with Crippen LogP contribution in [0.15, 0.2) is 30.6 Å². The summed E-state index contributed by atoms with van der Waals surface area (Å²) in [6.45, 7) is 2.10. The zero-order chi connectivity index (χ0) is 15.4. The van der Waals surface area contributed by atoms with E-state index in [2.05, 4.69) is 23.0 Å². The Labute approximate surface area is 129 Å². The zero-order valence-corrected chi connectivity index (χ0v) is 13.1. The van der Waals surface area contributed by atoms with Crippen LogP contribution in [0.4, 0.5) is 11.5 Å². The van der Waals surface area contributed by atoms with Crippen molar-refractivity contribution < 1.29 is 4.74 Å². The molecule has 2 N–H and O–H groups in total. The summed E-state index contributed by atoms with van der Waals surface area (Å²) < 4.78 is 5.38. The van der Waals surface area contributed by atoms with Crippen molar-refractivity contribution in [1.82, 2.24) is 9.97 Å². The molecule has 1 aromatic heterocycles. The number of hydrogen-bond donors (Lipinski definition) is 1. The molecule has 0 saturated carbocycles. The van der Waals surface area contributed by atoms with Crippen molar-refractivity contribution in [2.45, 2.75) is 19.4 Å². The Hall–Kier alpha value is -2.01. The van der Waals surface area contributed by atoms with Crippen LogP contribution in [0.5, 0.6) is 5.75 Å². The van der Waals surface area contributed by atoms with Gasteiger partial charge in [-0.2, -0.15) is 0 Å². The lowest BCUT2D eigenvalue weighted by Crippen LogP contribution is -2.32. The van der Waals surface area contributed by atoms with E-state index in [1.807, 2.05) is 30.1 Å². The molecule has 0 spiro atoms. The minimum absolute atomic E-state index is 0.176. The normalized spacial score (nSPS) is 12.0. The van der Waals surface area contributed by atoms with Crippen LogP contribution in [0.1, 0.15) is 12.5 Å². The number of anilines is 2. The number of methoxy groups -OCH3 is 1. The molecule has 1 aromatic carbocycles. The van der Waals surface area contributed by atoms with Crippen molar-refractivity contribution in [3.8, 4) is 5.75 Å². The van der Waals surface area contributed by atoms with Crippen LogP contribution in [0.2, 0.25) is 5.15 Å². The maximum absolute atomic E-state index is 5.95. The predicted octanol–water partition coefficient (Wildman–Crippen LogP) is 2.79. The molecule has 5 nitrogen and oxygen atoms in total. The third-order valence-corrected chi connectivity index (χ3v) is 3.82. The van der Waals surface area contributed by atoms with E-state index >= 15 is 0 Å². The van der Waals surface area contributed by atoms with Crippen LogP contribution in [0.25, 0.3) is 0 Å². The molecule has 0 radical (unpaired) electrons. The fraction of sp³-hybridized carbons (Fsp3) is 0.333. The van der Waals surface area contributed by atoms with Gasteiger partial charge in [0.25, 0.3) is 0 Å². The average Bonchev–Trinajstić information content (AvgIpc) is 2.50. The van der Waals surface area contributed by atoms with E-state index in [9.17, 15) is 0 Å². The summed E-state index contributed by atoms with van der Waals surface area (Å²) in [7, 11) is 3.62. The van der Waals surface area contributed by atoms with E-state index in [0.29, 0.717) is 11.5 Å².